The van der Waals surface area contributed by atoms with Crippen LogP contribution in [0.25, 0.3) is 28.2 Å². The molecule has 0 aliphatic rings. The van der Waals surface area contributed by atoms with Crippen molar-refractivity contribution in [3.8, 4) is 28.3 Å². The van der Waals surface area contributed by atoms with E-state index in [1.165, 1.54) is 0 Å². The molecule has 0 aliphatic carbocycles. The van der Waals surface area contributed by atoms with Crippen molar-refractivity contribution < 1.29 is 9.53 Å². The molecule has 0 unspecified atom stereocenters. The van der Waals surface area contributed by atoms with Crippen LogP contribution in [-0.4, -0.2) is 46.4 Å². The number of fused-ring (bicyclic) bond motifs is 1. The van der Waals surface area contributed by atoms with E-state index >= 15 is 0 Å². The summed E-state index contributed by atoms with van der Waals surface area (Å²) in [5, 5.41) is 0. The van der Waals surface area contributed by atoms with Crippen LogP contribution in [0.15, 0.2) is 67.1 Å². The quantitative estimate of drug-likeness (QED) is 0.547. The van der Waals surface area contributed by atoms with Gasteiger partial charge >= 0.3 is 0 Å². The number of ether oxygens (including phenoxy) is 1. The van der Waals surface area contributed by atoms with E-state index in [9.17, 15) is 4.79 Å². The van der Waals surface area contributed by atoms with Gasteiger partial charge in [0.2, 0.25) is 0 Å². The zero-order valence-electron chi connectivity index (χ0n) is 16.0. The van der Waals surface area contributed by atoms with E-state index in [2.05, 4.69) is 9.97 Å². The Kier molecular flexibility index (Phi) is 4.53. The monoisotopic (exact) mass is 372 g/mol. The molecule has 6 nitrogen and oxygen atoms in total. The lowest BCUT2D eigenvalue weighted by Crippen LogP contribution is -2.21. The molecule has 4 rings (SSSR count). The number of carbonyl (C=O) groups excluding carboxylic acids is 1. The number of rotatable bonds is 4. The first-order valence-corrected chi connectivity index (χ1v) is 8.86. The van der Waals surface area contributed by atoms with Crippen molar-refractivity contribution >= 4 is 11.6 Å². The van der Waals surface area contributed by atoms with Crippen molar-refractivity contribution in [3.05, 3.63) is 72.7 Å². The second-order valence-electron chi connectivity index (χ2n) is 6.65. The van der Waals surface area contributed by atoms with Crippen LogP contribution < -0.4 is 4.74 Å². The smallest absolute Gasteiger partial charge is 0.253 e. The number of aromatic nitrogens is 3. The molecule has 0 saturated heterocycles. The summed E-state index contributed by atoms with van der Waals surface area (Å²) in [7, 11) is 5.13. The summed E-state index contributed by atoms with van der Waals surface area (Å²) in [5.74, 6) is 0.770. The van der Waals surface area contributed by atoms with Crippen LogP contribution in [0.2, 0.25) is 0 Å². The number of hydrogen-bond donors (Lipinski definition) is 0. The molecular weight excluding hydrogens is 352 g/mol. The maximum atomic E-state index is 12.3. The van der Waals surface area contributed by atoms with E-state index in [-0.39, 0.29) is 5.91 Å². The SMILES string of the molecule is COc1ccc(-c2cnc3cnc(-c4cccc(C(=O)N(C)C)c4)cn23)cc1. The van der Waals surface area contributed by atoms with Gasteiger partial charge in [0.15, 0.2) is 5.65 Å². The van der Waals surface area contributed by atoms with Gasteiger partial charge in [-0.3, -0.25) is 14.2 Å². The van der Waals surface area contributed by atoms with Crippen LogP contribution in [0.3, 0.4) is 0 Å². The van der Waals surface area contributed by atoms with Crippen molar-refractivity contribution in [2.75, 3.05) is 21.2 Å². The molecular formula is C22H20N4O2. The minimum absolute atomic E-state index is 0.0375. The highest BCUT2D eigenvalue weighted by Gasteiger charge is 2.12. The summed E-state index contributed by atoms with van der Waals surface area (Å²) in [4.78, 5) is 22.8. The molecule has 2 aromatic carbocycles. The summed E-state index contributed by atoms with van der Waals surface area (Å²) in [6, 6.07) is 15.3. The number of carbonyl (C=O) groups is 1. The maximum Gasteiger partial charge on any atom is 0.253 e. The molecule has 0 saturated carbocycles. The minimum Gasteiger partial charge on any atom is -0.497 e. The van der Waals surface area contributed by atoms with Gasteiger partial charge in [-0.15, -0.1) is 0 Å². The molecule has 0 N–H and O–H groups in total. The fourth-order valence-electron chi connectivity index (χ4n) is 3.08. The molecule has 28 heavy (non-hydrogen) atoms. The number of amides is 1. The number of nitrogens with zero attached hydrogens (tertiary/aromatic N) is 4. The lowest BCUT2D eigenvalue weighted by Gasteiger charge is -2.11. The predicted octanol–water partition coefficient (Wildman–Crippen LogP) is 3.77. The number of imidazole rings is 1. The third-order valence-electron chi connectivity index (χ3n) is 4.59. The Morgan fingerprint density at radius 3 is 2.50 bits per heavy atom. The zero-order chi connectivity index (χ0) is 19.7. The first-order valence-electron chi connectivity index (χ1n) is 8.86. The molecule has 0 aliphatic heterocycles. The fourth-order valence-corrected chi connectivity index (χ4v) is 3.08. The van der Waals surface area contributed by atoms with Crippen LogP contribution in [0.5, 0.6) is 5.75 Å². The van der Waals surface area contributed by atoms with Gasteiger partial charge in [0.1, 0.15) is 5.75 Å². The third-order valence-corrected chi connectivity index (χ3v) is 4.59. The number of benzene rings is 2. The van der Waals surface area contributed by atoms with E-state index in [0.717, 1.165) is 33.9 Å². The summed E-state index contributed by atoms with van der Waals surface area (Å²) >= 11 is 0. The molecule has 1 amide bonds. The Hall–Kier alpha value is -3.67. The van der Waals surface area contributed by atoms with Crippen LogP contribution in [0, 0.1) is 0 Å². The Labute approximate surface area is 163 Å². The van der Waals surface area contributed by atoms with Crippen LogP contribution >= 0.6 is 0 Å². The minimum atomic E-state index is -0.0375. The Bertz CT molecular complexity index is 1150. The summed E-state index contributed by atoms with van der Waals surface area (Å²) < 4.78 is 7.24. The van der Waals surface area contributed by atoms with E-state index in [4.69, 9.17) is 4.74 Å². The van der Waals surface area contributed by atoms with Gasteiger partial charge in [0.05, 0.1) is 30.9 Å². The van der Waals surface area contributed by atoms with Crippen molar-refractivity contribution in [1.82, 2.24) is 19.3 Å². The summed E-state index contributed by atoms with van der Waals surface area (Å²) in [5.41, 5.74) is 5.03. The molecule has 2 heterocycles. The molecule has 140 valence electrons. The number of hydrogen-bond acceptors (Lipinski definition) is 4. The van der Waals surface area contributed by atoms with Crippen molar-refractivity contribution in [3.63, 3.8) is 0 Å². The largest absolute Gasteiger partial charge is 0.497 e. The molecule has 6 heteroatoms. The third kappa shape index (κ3) is 3.20. The first kappa shape index (κ1) is 17.7. The maximum absolute atomic E-state index is 12.3. The van der Waals surface area contributed by atoms with Crippen LogP contribution in [-0.2, 0) is 0 Å². The van der Waals surface area contributed by atoms with Gasteiger partial charge in [0.25, 0.3) is 5.91 Å². The van der Waals surface area contributed by atoms with E-state index in [1.807, 2.05) is 65.3 Å². The first-order chi connectivity index (χ1) is 13.6. The molecule has 4 aromatic rings. The van der Waals surface area contributed by atoms with Gasteiger partial charge in [-0.1, -0.05) is 12.1 Å². The lowest BCUT2D eigenvalue weighted by molar-refractivity contribution is 0.0827. The Morgan fingerprint density at radius 1 is 1.00 bits per heavy atom. The Morgan fingerprint density at radius 2 is 1.79 bits per heavy atom. The van der Waals surface area contributed by atoms with Gasteiger partial charge in [-0.2, -0.15) is 0 Å². The average molecular weight is 372 g/mol. The molecule has 0 fully saturated rings. The second kappa shape index (κ2) is 7.15. The Balaban J connectivity index is 1.77. The highest BCUT2D eigenvalue weighted by atomic mass is 16.5. The highest BCUT2D eigenvalue weighted by Crippen LogP contribution is 2.25. The van der Waals surface area contributed by atoms with Crippen LogP contribution in [0.4, 0.5) is 0 Å². The van der Waals surface area contributed by atoms with Crippen molar-refractivity contribution in [1.29, 1.82) is 0 Å². The summed E-state index contributed by atoms with van der Waals surface area (Å²) in [6.45, 7) is 0. The van der Waals surface area contributed by atoms with Crippen molar-refractivity contribution in [2.45, 2.75) is 0 Å². The van der Waals surface area contributed by atoms with Gasteiger partial charge in [-0.25, -0.2) is 4.98 Å². The normalized spacial score (nSPS) is 10.8. The van der Waals surface area contributed by atoms with Crippen LogP contribution in [0.1, 0.15) is 10.4 Å². The van der Waals surface area contributed by atoms with E-state index < -0.39 is 0 Å². The molecule has 0 bridgehead atoms. The van der Waals surface area contributed by atoms with Crippen molar-refractivity contribution in [2.24, 2.45) is 0 Å². The van der Waals surface area contributed by atoms with Gasteiger partial charge < -0.3 is 9.64 Å². The molecule has 2 aromatic heterocycles. The fraction of sp³-hybridized carbons (Fsp3) is 0.136. The van der Waals surface area contributed by atoms with E-state index in [0.29, 0.717) is 5.56 Å². The molecule has 0 spiro atoms. The number of methoxy groups -OCH3 is 1. The average Bonchev–Trinajstić information content (AvgIpc) is 3.16. The van der Waals surface area contributed by atoms with Gasteiger partial charge in [0, 0.05) is 37.0 Å². The standard InChI is InChI=1S/C22H20N4O2/c1-25(2)22(27)17-6-4-5-16(11-17)19-14-26-20(12-24-21(26)13-23-19)15-7-9-18(28-3)10-8-15/h4-14H,1-3H3. The lowest BCUT2D eigenvalue weighted by atomic mass is 10.1. The molecule has 0 atom stereocenters. The van der Waals surface area contributed by atoms with Gasteiger partial charge in [-0.05, 0) is 36.4 Å². The highest BCUT2D eigenvalue weighted by molar-refractivity contribution is 5.95. The molecule has 0 radical (unpaired) electrons. The summed E-state index contributed by atoms with van der Waals surface area (Å²) in [6.07, 6.45) is 5.51. The second-order valence-corrected chi connectivity index (χ2v) is 6.65. The topological polar surface area (TPSA) is 59.7 Å². The van der Waals surface area contributed by atoms with E-state index in [1.54, 1.807) is 32.3 Å². The zero-order valence-corrected chi connectivity index (χ0v) is 16.0. The predicted molar refractivity (Wildman–Crippen MR) is 108 cm³/mol.